The molecular formula is C21H24ClN5. The lowest BCUT2D eigenvalue weighted by Crippen LogP contribution is -2.46. The summed E-state index contributed by atoms with van der Waals surface area (Å²) in [6.45, 7) is 6.40. The number of nitrogens with one attached hydrogen (secondary N) is 1. The first-order chi connectivity index (χ1) is 13.3. The fourth-order valence-corrected chi connectivity index (χ4v) is 3.74. The summed E-state index contributed by atoms with van der Waals surface area (Å²) in [5.41, 5.74) is 3.28. The molecule has 0 atom stereocenters. The van der Waals surface area contributed by atoms with E-state index in [0.29, 0.717) is 0 Å². The lowest BCUT2D eigenvalue weighted by atomic mass is 10.2. The molecule has 0 radical (unpaired) electrons. The van der Waals surface area contributed by atoms with Gasteiger partial charge in [0.15, 0.2) is 0 Å². The van der Waals surface area contributed by atoms with Crippen molar-refractivity contribution in [2.24, 2.45) is 0 Å². The maximum Gasteiger partial charge on any atom is 0.0737 e. The molecular weight excluding hydrogens is 358 g/mol. The second-order valence-corrected chi connectivity index (χ2v) is 7.28. The molecule has 1 N–H and O–H groups in total. The summed E-state index contributed by atoms with van der Waals surface area (Å²) >= 11 is 6.06. The van der Waals surface area contributed by atoms with E-state index in [4.69, 9.17) is 11.6 Å². The molecule has 27 heavy (non-hydrogen) atoms. The van der Waals surface area contributed by atoms with Gasteiger partial charge in [-0.1, -0.05) is 11.6 Å². The van der Waals surface area contributed by atoms with Crippen LogP contribution in [-0.2, 0) is 0 Å². The number of anilines is 2. The Bertz CT molecular complexity index is 878. The van der Waals surface area contributed by atoms with Gasteiger partial charge in [0, 0.05) is 61.2 Å². The van der Waals surface area contributed by atoms with Crippen LogP contribution in [-0.4, -0.2) is 54.1 Å². The summed E-state index contributed by atoms with van der Waals surface area (Å²) in [5.74, 6) is 0. The third-order valence-electron chi connectivity index (χ3n) is 5.05. The first-order valence-electron chi connectivity index (χ1n) is 9.45. The maximum atomic E-state index is 6.06. The van der Waals surface area contributed by atoms with Gasteiger partial charge in [0.1, 0.15) is 0 Å². The summed E-state index contributed by atoms with van der Waals surface area (Å²) in [6, 6.07) is 12.0. The Kier molecular flexibility index (Phi) is 5.70. The zero-order valence-corrected chi connectivity index (χ0v) is 16.1. The largest absolute Gasteiger partial charge is 0.384 e. The topological polar surface area (TPSA) is 44.3 Å². The monoisotopic (exact) mass is 381 g/mol. The van der Waals surface area contributed by atoms with Gasteiger partial charge in [0.25, 0.3) is 0 Å². The van der Waals surface area contributed by atoms with Crippen LogP contribution < -0.4 is 10.2 Å². The highest BCUT2D eigenvalue weighted by molar-refractivity contribution is 6.31. The smallest absolute Gasteiger partial charge is 0.0737 e. The zero-order chi connectivity index (χ0) is 18.5. The first-order valence-corrected chi connectivity index (χ1v) is 9.83. The van der Waals surface area contributed by atoms with Crippen molar-refractivity contribution in [1.29, 1.82) is 0 Å². The van der Waals surface area contributed by atoms with Gasteiger partial charge < -0.3 is 10.2 Å². The number of aromatic nitrogens is 2. The predicted octanol–water partition coefficient (Wildman–Crippen LogP) is 3.91. The van der Waals surface area contributed by atoms with E-state index in [1.807, 2.05) is 48.9 Å². The van der Waals surface area contributed by atoms with E-state index < -0.39 is 0 Å². The van der Waals surface area contributed by atoms with Crippen LogP contribution >= 0.6 is 11.6 Å². The highest BCUT2D eigenvalue weighted by Gasteiger charge is 2.16. The average Bonchev–Trinajstić information content (AvgIpc) is 2.72. The van der Waals surface area contributed by atoms with Crippen LogP contribution in [0.25, 0.3) is 10.9 Å². The Morgan fingerprint density at radius 1 is 1.04 bits per heavy atom. The summed E-state index contributed by atoms with van der Waals surface area (Å²) in [7, 11) is 0. The van der Waals surface area contributed by atoms with Crippen LogP contribution in [0.15, 0.2) is 55.0 Å². The second-order valence-electron chi connectivity index (χ2n) is 6.84. The molecule has 1 aliphatic rings. The highest BCUT2D eigenvalue weighted by atomic mass is 35.5. The number of nitrogens with zero attached hydrogens (tertiary/aromatic N) is 4. The lowest BCUT2D eigenvalue weighted by molar-refractivity contribution is 0.257. The lowest BCUT2D eigenvalue weighted by Gasteiger charge is -2.35. The molecule has 0 amide bonds. The number of hydrogen-bond acceptors (Lipinski definition) is 5. The highest BCUT2D eigenvalue weighted by Crippen LogP contribution is 2.24. The van der Waals surface area contributed by atoms with Gasteiger partial charge in [-0.05, 0) is 49.4 Å². The summed E-state index contributed by atoms with van der Waals surface area (Å²) in [4.78, 5) is 13.6. The van der Waals surface area contributed by atoms with Crippen molar-refractivity contribution in [3.05, 3.63) is 60.0 Å². The molecule has 2 aromatic heterocycles. The molecule has 6 heteroatoms. The standard InChI is InChI=1S/C21H24ClN5/c22-17-4-5-19-20(6-9-25-21(19)15-17)24-8-2-10-26-11-13-27(14-12-26)18-3-1-7-23-16-18/h1,3-7,9,15-16H,2,8,10-14H2,(H,24,25). The number of benzene rings is 1. The quantitative estimate of drug-likeness (QED) is 0.656. The Labute approximate surface area is 165 Å². The Morgan fingerprint density at radius 3 is 2.74 bits per heavy atom. The second kappa shape index (κ2) is 8.55. The van der Waals surface area contributed by atoms with Crippen LogP contribution in [0.5, 0.6) is 0 Å². The molecule has 0 spiro atoms. The number of rotatable bonds is 6. The van der Waals surface area contributed by atoms with Crippen LogP contribution in [0.4, 0.5) is 11.4 Å². The fourth-order valence-electron chi connectivity index (χ4n) is 3.57. The molecule has 3 aromatic rings. The molecule has 1 aromatic carbocycles. The molecule has 1 aliphatic heterocycles. The minimum absolute atomic E-state index is 0.720. The van der Waals surface area contributed by atoms with E-state index in [2.05, 4.69) is 31.2 Å². The molecule has 1 fully saturated rings. The summed E-state index contributed by atoms with van der Waals surface area (Å²) in [6.07, 6.45) is 6.72. The van der Waals surface area contributed by atoms with E-state index in [1.165, 1.54) is 5.69 Å². The van der Waals surface area contributed by atoms with Gasteiger partial charge >= 0.3 is 0 Å². The Balaban J connectivity index is 1.23. The van der Waals surface area contributed by atoms with Crippen molar-refractivity contribution in [2.45, 2.75) is 6.42 Å². The van der Waals surface area contributed by atoms with Crippen LogP contribution in [0.3, 0.4) is 0 Å². The molecule has 1 saturated heterocycles. The Morgan fingerprint density at radius 2 is 1.93 bits per heavy atom. The molecule has 3 heterocycles. The molecule has 140 valence electrons. The minimum atomic E-state index is 0.720. The van der Waals surface area contributed by atoms with Crippen molar-refractivity contribution in [2.75, 3.05) is 49.5 Å². The number of halogens is 1. The van der Waals surface area contributed by atoms with E-state index in [9.17, 15) is 0 Å². The fraction of sp³-hybridized carbons (Fsp3) is 0.333. The average molecular weight is 382 g/mol. The van der Waals surface area contributed by atoms with Gasteiger partial charge in [-0.3, -0.25) is 14.9 Å². The van der Waals surface area contributed by atoms with E-state index in [-0.39, 0.29) is 0 Å². The first kappa shape index (κ1) is 18.0. The molecule has 5 nitrogen and oxygen atoms in total. The maximum absolute atomic E-state index is 6.06. The van der Waals surface area contributed by atoms with E-state index >= 15 is 0 Å². The molecule has 0 saturated carbocycles. The molecule has 0 bridgehead atoms. The van der Waals surface area contributed by atoms with Crippen LogP contribution in [0, 0.1) is 0 Å². The third-order valence-corrected chi connectivity index (χ3v) is 5.29. The zero-order valence-electron chi connectivity index (χ0n) is 15.3. The molecule has 0 aliphatic carbocycles. The number of piperazine rings is 1. The van der Waals surface area contributed by atoms with Gasteiger partial charge in [-0.25, -0.2) is 0 Å². The van der Waals surface area contributed by atoms with Gasteiger partial charge in [0.2, 0.25) is 0 Å². The number of pyridine rings is 2. The van der Waals surface area contributed by atoms with Crippen molar-refractivity contribution < 1.29 is 0 Å². The minimum Gasteiger partial charge on any atom is -0.384 e. The SMILES string of the molecule is Clc1ccc2c(NCCCN3CCN(c4cccnc4)CC3)ccnc2c1. The van der Waals surface area contributed by atoms with Crippen LogP contribution in [0.2, 0.25) is 5.02 Å². The predicted molar refractivity (Wildman–Crippen MR) is 113 cm³/mol. The van der Waals surface area contributed by atoms with Gasteiger partial charge in [-0.2, -0.15) is 0 Å². The van der Waals surface area contributed by atoms with Crippen molar-refractivity contribution in [3.8, 4) is 0 Å². The van der Waals surface area contributed by atoms with Gasteiger partial charge in [0.05, 0.1) is 17.4 Å². The van der Waals surface area contributed by atoms with Crippen molar-refractivity contribution in [3.63, 3.8) is 0 Å². The Hall–Kier alpha value is -2.37. The van der Waals surface area contributed by atoms with Crippen LogP contribution in [0.1, 0.15) is 6.42 Å². The normalized spacial score (nSPS) is 15.2. The molecule has 0 unspecified atom stereocenters. The third kappa shape index (κ3) is 4.49. The summed E-state index contributed by atoms with van der Waals surface area (Å²) in [5, 5.41) is 5.39. The summed E-state index contributed by atoms with van der Waals surface area (Å²) < 4.78 is 0. The number of hydrogen-bond donors (Lipinski definition) is 1. The van der Waals surface area contributed by atoms with E-state index in [0.717, 1.165) is 67.3 Å². The van der Waals surface area contributed by atoms with E-state index in [1.54, 1.807) is 0 Å². The van der Waals surface area contributed by atoms with Crippen molar-refractivity contribution >= 4 is 33.9 Å². The number of fused-ring (bicyclic) bond motifs is 1. The van der Waals surface area contributed by atoms with Crippen molar-refractivity contribution in [1.82, 2.24) is 14.9 Å². The molecule has 4 rings (SSSR count). The van der Waals surface area contributed by atoms with Gasteiger partial charge in [-0.15, -0.1) is 0 Å².